The second-order valence-corrected chi connectivity index (χ2v) is 6.38. The summed E-state index contributed by atoms with van der Waals surface area (Å²) in [5.41, 5.74) is -0.671. The van der Waals surface area contributed by atoms with Crippen molar-refractivity contribution in [1.82, 2.24) is 4.90 Å². The Balaban J connectivity index is 2.82. The van der Waals surface area contributed by atoms with Crippen LogP contribution < -0.4 is 0 Å². The van der Waals surface area contributed by atoms with E-state index in [4.69, 9.17) is 16.3 Å². The van der Waals surface area contributed by atoms with E-state index in [1.54, 1.807) is 23.6 Å². The maximum atomic E-state index is 11.7. The van der Waals surface area contributed by atoms with Crippen LogP contribution in [-0.2, 0) is 14.3 Å². The molecule has 1 aliphatic rings. The molecule has 92 valence electrons. The number of halogens is 1. The third-order valence-electron chi connectivity index (χ3n) is 2.38. The number of amides is 1. The van der Waals surface area contributed by atoms with Crippen molar-refractivity contribution in [2.24, 2.45) is 0 Å². The van der Waals surface area contributed by atoms with E-state index in [0.29, 0.717) is 5.75 Å². The van der Waals surface area contributed by atoms with E-state index in [9.17, 15) is 9.59 Å². The first-order chi connectivity index (χ1) is 7.25. The molecule has 1 fully saturated rings. The highest BCUT2D eigenvalue weighted by atomic mass is 35.5. The third-order valence-corrected chi connectivity index (χ3v) is 3.85. The molecule has 1 heterocycles. The fourth-order valence-corrected chi connectivity index (χ4v) is 3.15. The van der Waals surface area contributed by atoms with Crippen LogP contribution in [0.25, 0.3) is 0 Å². The van der Waals surface area contributed by atoms with Gasteiger partial charge in [-0.2, -0.15) is 0 Å². The quantitative estimate of drug-likeness (QED) is 0.564. The summed E-state index contributed by atoms with van der Waals surface area (Å²) in [4.78, 5) is 24.5. The van der Waals surface area contributed by atoms with Crippen LogP contribution in [0.4, 0.5) is 0 Å². The van der Waals surface area contributed by atoms with Gasteiger partial charge >= 0.3 is 5.97 Å². The second kappa shape index (κ2) is 4.84. The zero-order valence-corrected chi connectivity index (χ0v) is 11.4. The predicted octanol–water partition coefficient (Wildman–Crippen LogP) is 1.81. The minimum Gasteiger partial charge on any atom is -0.445 e. The lowest BCUT2D eigenvalue weighted by molar-refractivity contribution is -0.155. The van der Waals surface area contributed by atoms with Crippen LogP contribution in [-0.4, -0.2) is 39.0 Å². The Morgan fingerprint density at radius 1 is 1.56 bits per heavy atom. The van der Waals surface area contributed by atoms with Gasteiger partial charge in [0, 0.05) is 12.7 Å². The van der Waals surface area contributed by atoms with Gasteiger partial charge in [-0.1, -0.05) is 11.6 Å². The van der Waals surface area contributed by atoms with Crippen LogP contribution in [0.2, 0.25) is 0 Å². The highest BCUT2D eigenvalue weighted by Crippen LogP contribution is 2.39. The summed E-state index contributed by atoms with van der Waals surface area (Å²) in [6, 6.07) is -0.529. The van der Waals surface area contributed by atoms with Crippen molar-refractivity contribution in [3.63, 3.8) is 0 Å². The minimum atomic E-state index is -0.671. The van der Waals surface area contributed by atoms with Gasteiger partial charge in [0.25, 0.3) is 0 Å². The number of thioether (sulfide) groups is 1. The van der Waals surface area contributed by atoms with Gasteiger partial charge in [0.15, 0.2) is 5.56 Å². The number of nitrogens with zero attached hydrogens (tertiary/aromatic N) is 1. The maximum Gasteiger partial charge on any atom is 0.331 e. The summed E-state index contributed by atoms with van der Waals surface area (Å²) < 4.78 is 4.93. The van der Waals surface area contributed by atoms with Crippen molar-refractivity contribution in [2.45, 2.75) is 44.2 Å². The molecule has 0 radical (unpaired) electrons. The molecule has 0 aromatic rings. The number of esters is 1. The van der Waals surface area contributed by atoms with Crippen LogP contribution in [0.5, 0.6) is 0 Å². The minimum absolute atomic E-state index is 0.126. The summed E-state index contributed by atoms with van der Waals surface area (Å²) in [6.45, 7) is 6.86. The van der Waals surface area contributed by atoms with Gasteiger partial charge < -0.3 is 9.64 Å². The van der Waals surface area contributed by atoms with E-state index in [1.807, 2.05) is 13.8 Å². The first-order valence-electron chi connectivity index (χ1n) is 5.04. The maximum absolute atomic E-state index is 11.7. The molecule has 0 bridgehead atoms. The van der Waals surface area contributed by atoms with Crippen molar-refractivity contribution in [3.8, 4) is 0 Å². The number of ether oxygens (including phenoxy) is 1. The van der Waals surface area contributed by atoms with Crippen molar-refractivity contribution in [1.29, 1.82) is 0 Å². The number of alkyl halides is 1. The molecule has 0 spiro atoms. The van der Waals surface area contributed by atoms with Crippen LogP contribution >= 0.6 is 23.4 Å². The Morgan fingerprint density at radius 2 is 2.12 bits per heavy atom. The molecule has 6 heteroatoms. The van der Waals surface area contributed by atoms with Gasteiger partial charge in [-0.05, 0) is 20.8 Å². The monoisotopic (exact) mass is 265 g/mol. The first-order valence-corrected chi connectivity index (χ1v) is 6.46. The molecular weight excluding hydrogens is 250 g/mol. The van der Waals surface area contributed by atoms with E-state index in [1.165, 1.54) is 6.92 Å². The van der Waals surface area contributed by atoms with Gasteiger partial charge in [0.2, 0.25) is 5.91 Å². The fourth-order valence-electron chi connectivity index (χ4n) is 1.81. The average molecular weight is 266 g/mol. The van der Waals surface area contributed by atoms with Gasteiger partial charge in [0.05, 0.1) is 4.87 Å². The molecule has 0 aromatic carbocycles. The Hall–Kier alpha value is -0.420. The van der Waals surface area contributed by atoms with E-state index < -0.39 is 17.6 Å². The molecule has 1 saturated heterocycles. The molecule has 2 atom stereocenters. The van der Waals surface area contributed by atoms with Crippen molar-refractivity contribution in [2.75, 3.05) is 5.75 Å². The van der Waals surface area contributed by atoms with Crippen molar-refractivity contribution < 1.29 is 14.3 Å². The van der Waals surface area contributed by atoms with E-state index in [2.05, 4.69) is 0 Å². The average Bonchev–Trinajstić information content (AvgIpc) is 2.39. The SMILES string of the molecule is CC(=O)N1C(C(=O)OC(C)Cl)CSC1(C)C. The summed E-state index contributed by atoms with van der Waals surface area (Å²) in [7, 11) is 0. The Kier molecular flexibility index (Phi) is 4.12. The lowest BCUT2D eigenvalue weighted by Gasteiger charge is -2.32. The largest absolute Gasteiger partial charge is 0.445 e. The number of carbonyl (C=O) groups is 2. The summed E-state index contributed by atoms with van der Waals surface area (Å²) >= 11 is 7.16. The van der Waals surface area contributed by atoms with Crippen molar-refractivity contribution >= 4 is 35.2 Å². The second-order valence-electron chi connectivity index (χ2n) is 4.14. The standard InChI is InChI=1S/C10H16ClNO3S/c1-6(11)15-9(14)8-5-16-10(3,4)12(8)7(2)13/h6,8H,5H2,1-4H3. The molecule has 0 aliphatic carbocycles. The Labute approximate surface area is 105 Å². The summed E-state index contributed by atoms with van der Waals surface area (Å²) in [5.74, 6) is -0.00961. The van der Waals surface area contributed by atoms with Gasteiger partial charge in [-0.3, -0.25) is 4.79 Å². The molecule has 1 amide bonds. The molecule has 0 N–H and O–H groups in total. The topological polar surface area (TPSA) is 46.6 Å². The first kappa shape index (κ1) is 13.6. The third kappa shape index (κ3) is 2.83. The van der Waals surface area contributed by atoms with Gasteiger partial charge in [-0.25, -0.2) is 4.79 Å². The Morgan fingerprint density at radius 3 is 2.56 bits per heavy atom. The molecule has 1 aliphatic heterocycles. The lowest BCUT2D eigenvalue weighted by Crippen LogP contribution is -2.49. The van der Waals surface area contributed by atoms with Gasteiger partial charge in [-0.15, -0.1) is 11.8 Å². The molecule has 0 saturated carbocycles. The molecule has 2 unspecified atom stereocenters. The smallest absolute Gasteiger partial charge is 0.331 e. The fraction of sp³-hybridized carbons (Fsp3) is 0.800. The Bertz CT molecular complexity index is 306. The van der Waals surface area contributed by atoms with Crippen LogP contribution in [0.3, 0.4) is 0 Å². The van der Waals surface area contributed by atoms with E-state index in [0.717, 1.165) is 0 Å². The zero-order chi connectivity index (χ0) is 12.5. The van der Waals surface area contributed by atoms with E-state index >= 15 is 0 Å². The summed E-state index contributed by atoms with van der Waals surface area (Å²) in [6.07, 6.45) is 0. The van der Waals surface area contributed by atoms with E-state index in [-0.39, 0.29) is 10.8 Å². The van der Waals surface area contributed by atoms with Crippen molar-refractivity contribution in [3.05, 3.63) is 0 Å². The summed E-state index contributed by atoms with van der Waals surface area (Å²) in [5, 5.41) is 0. The van der Waals surface area contributed by atoms with Crippen LogP contribution in [0.1, 0.15) is 27.7 Å². The molecular formula is C10H16ClNO3S. The predicted molar refractivity (Wildman–Crippen MR) is 64.3 cm³/mol. The normalized spacial score (nSPS) is 25.3. The number of carbonyl (C=O) groups excluding carboxylic acids is 2. The number of rotatable bonds is 2. The highest BCUT2D eigenvalue weighted by molar-refractivity contribution is 8.00. The lowest BCUT2D eigenvalue weighted by atomic mass is 10.2. The highest BCUT2D eigenvalue weighted by Gasteiger charge is 2.46. The molecule has 16 heavy (non-hydrogen) atoms. The molecule has 1 rings (SSSR count). The van der Waals surface area contributed by atoms with Crippen LogP contribution in [0, 0.1) is 0 Å². The van der Waals surface area contributed by atoms with Crippen LogP contribution in [0.15, 0.2) is 0 Å². The number of hydrogen-bond acceptors (Lipinski definition) is 4. The number of hydrogen-bond donors (Lipinski definition) is 0. The molecule has 4 nitrogen and oxygen atoms in total. The zero-order valence-electron chi connectivity index (χ0n) is 9.82. The molecule has 0 aromatic heterocycles. The van der Waals surface area contributed by atoms with Gasteiger partial charge in [0.1, 0.15) is 6.04 Å².